The van der Waals surface area contributed by atoms with Crippen LogP contribution >= 0.6 is 0 Å². The topological polar surface area (TPSA) is 81.7 Å². The summed E-state index contributed by atoms with van der Waals surface area (Å²) in [7, 11) is 3.52. The highest BCUT2D eigenvalue weighted by molar-refractivity contribution is 6.04. The Hall–Kier alpha value is -3.03. The van der Waals surface area contributed by atoms with Gasteiger partial charge < -0.3 is 9.47 Å². The third-order valence-corrected chi connectivity index (χ3v) is 3.42. The van der Waals surface area contributed by atoms with Gasteiger partial charge in [0.2, 0.25) is 0 Å². The fourth-order valence-electron chi connectivity index (χ4n) is 2.10. The number of rotatable bonds is 4. The van der Waals surface area contributed by atoms with Gasteiger partial charge in [-0.1, -0.05) is 5.21 Å². The first kappa shape index (κ1) is 13.9. The van der Waals surface area contributed by atoms with Gasteiger partial charge in [-0.25, -0.2) is 9.67 Å². The predicted octanol–water partition coefficient (Wildman–Crippen LogP) is 0.731. The van der Waals surface area contributed by atoms with Crippen LogP contribution in [0.5, 0.6) is 0 Å². The number of carbonyl (C=O) groups excluding carboxylic acids is 1. The van der Waals surface area contributed by atoms with Crippen LogP contribution in [0, 0.1) is 0 Å². The molecule has 3 aromatic rings. The summed E-state index contributed by atoms with van der Waals surface area (Å²) in [5.74, 6) is 0.585. The Labute approximate surface area is 127 Å². The highest BCUT2D eigenvalue weighted by atomic mass is 16.2. The van der Waals surface area contributed by atoms with Gasteiger partial charge in [0, 0.05) is 26.5 Å². The third-order valence-electron chi connectivity index (χ3n) is 3.42. The summed E-state index contributed by atoms with van der Waals surface area (Å²) in [6.45, 7) is 0.459. The van der Waals surface area contributed by atoms with Crippen LogP contribution < -0.4 is 4.90 Å². The number of carbonyl (C=O) groups is 1. The molecule has 8 heteroatoms. The molecule has 1 amide bonds. The van der Waals surface area contributed by atoms with E-state index in [4.69, 9.17) is 0 Å². The molecule has 0 saturated heterocycles. The Balaban J connectivity index is 1.83. The van der Waals surface area contributed by atoms with Crippen molar-refractivity contribution in [2.45, 2.75) is 6.54 Å². The standard InChI is InChI=1S/C14H15N7O/c1-19(11-4-3-5-15-8-11)14(22)12-9-16-13(20(12)2)10-21-7-6-17-18-21/h3-9H,10H2,1-2H3. The molecule has 112 valence electrons. The Kier molecular flexibility index (Phi) is 3.65. The molecule has 3 rings (SSSR count). The number of aromatic nitrogens is 6. The van der Waals surface area contributed by atoms with Gasteiger partial charge in [0.25, 0.3) is 5.91 Å². The molecule has 0 aliphatic rings. The summed E-state index contributed by atoms with van der Waals surface area (Å²) in [4.78, 5) is 22.5. The zero-order valence-electron chi connectivity index (χ0n) is 12.3. The van der Waals surface area contributed by atoms with Gasteiger partial charge in [0.15, 0.2) is 0 Å². The zero-order chi connectivity index (χ0) is 15.5. The van der Waals surface area contributed by atoms with E-state index in [1.807, 2.05) is 13.1 Å². The van der Waals surface area contributed by atoms with Crippen LogP contribution in [-0.4, -0.2) is 42.5 Å². The van der Waals surface area contributed by atoms with Crippen molar-refractivity contribution >= 4 is 11.6 Å². The van der Waals surface area contributed by atoms with E-state index >= 15 is 0 Å². The van der Waals surface area contributed by atoms with Crippen LogP contribution in [0.2, 0.25) is 0 Å². The van der Waals surface area contributed by atoms with Crippen molar-refractivity contribution in [1.82, 2.24) is 29.5 Å². The van der Waals surface area contributed by atoms with E-state index in [2.05, 4.69) is 20.3 Å². The number of amides is 1. The van der Waals surface area contributed by atoms with E-state index in [1.54, 1.807) is 58.2 Å². The van der Waals surface area contributed by atoms with E-state index in [0.717, 1.165) is 11.5 Å². The molecule has 0 unspecified atom stereocenters. The molecule has 3 aromatic heterocycles. The molecule has 0 aliphatic heterocycles. The molecule has 0 saturated carbocycles. The fraction of sp³-hybridized carbons (Fsp3) is 0.214. The lowest BCUT2D eigenvalue weighted by Gasteiger charge is -2.17. The lowest BCUT2D eigenvalue weighted by Crippen LogP contribution is -2.28. The molecule has 0 atom stereocenters. The minimum absolute atomic E-state index is 0.146. The second-order valence-electron chi connectivity index (χ2n) is 4.79. The molecule has 8 nitrogen and oxygen atoms in total. The van der Waals surface area contributed by atoms with E-state index in [-0.39, 0.29) is 5.91 Å². The quantitative estimate of drug-likeness (QED) is 0.709. The van der Waals surface area contributed by atoms with Crippen molar-refractivity contribution in [2.75, 3.05) is 11.9 Å². The first-order valence-corrected chi connectivity index (χ1v) is 6.69. The van der Waals surface area contributed by atoms with Crippen LogP contribution in [0.25, 0.3) is 0 Å². The molecule has 0 radical (unpaired) electrons. The highest BCUT2D eigenvalue weighted by Crippen LogP contribution is 2.14. The smallest absolute Gasteiger partial charge is 0.276 e. The van der Waals surface area contributed by atoms with Crippen LogP contribution in [0.1, 0.15) is 16.3 Å². The predicted molar refractivity (Wildman–Crippen MR) is 79.3 cm³/mol. The molecule has 3 heterocycles. The summed E-state index contributed by atoms with van der Waals surface area (Å²) in [6.07, 6.45) is 8.23. The minimum Gasteiger partial charge on any atom is -0.326 e. The summed E-state index contributed by atoms with van der Waals surface area (Å²) in [5.41, 5.74) is 1.23. The molecule has 0 aliphatic carbocycles. The van der Waals surface area contributed by atoms with Crippen LogP contribution in [0.3, 0.4) is 0 Å². The molecule has 0 spiro atoms. The number of nitrogens with zero attached hydrogens (tertiary/aromatic N) is 7. The third kappa shape index (κ3) is 2.58. The van der Waals surface area contributed by atoms with E-state index in [9.17, 15) is 4.79 Å². The lowest BCUT2D eigenvalue weighted by atomic mass is 10.3. The Bertz CT molecular complexity index is 764. The molecule has 0 N–H and O–H groups in total. The average Bonchev–Trinajstić information content (AvgIpc) is 3.18. The Morgan fingerprint density at radius 3 is 2.86 bits per heavy atom. The number of pyridine rings is 1. The van der Waals surface area contributed by atoms with Gasteiger partial charge >= 0.3 is 0 Å². The maximum absolute atomic E-state index is 12.6. The van der Waals surface area contributed by atoms with Crippen molar-refractivity contribution in [3.8, 4) is 0 Å². The molecular formula is C14H15N7O. The molecular weight excluding hydrogens is 282 g/mol. The van der Waals surface area contributed by atoms with Gasteiger partial charge in [-0.05, 0) is 12.1 Å². The number of imidazole rings is 1. The Morgan fingerprint density at radius 2 is 2.18 bits per heavy atom. The summed E-state index contributed by atoms with van der Waals surface area (Å²) < 4.78 is 3.41. The van der Waals surface area contributed by atoms with Crippen LogP contribution in [0.15, 0.2) is 43.1 Å². The van der Waals surface area contributed by atoms with Crippen molar-refractivity contribution in [1.29, 1.82) is 0 Å². The number of hydrogen-bond acceptors (Lipinski definition) is 5. The van der Waals surface area contributed by atoms with Crippen molar-refractivity contribution in [3.05, 3.63) is 54.6 Å². The Morgan fingerprint density at radius 1 is 1.32 bits per heavy atom. The molecule has 22 heavy (non-hydrogen) atoms. The largest absolute Gasteiger partial charge is 0.326 e. The van der Waals surface area contributed by atoms with Gasteiger partial charge in [-0.2, -0.15) is 0 Å². The maximum atomic E-state index is 12.6. The summed E-state index contributed by atoms with van der Waals surface area (Å²) in [6, 6.07) is 3.62. The van der Waals surface area contributed by atoms with E-state index in [1.165, 1.54) is 0 Å². The highest BCUT2D eigenvalue weighted by Gasteiger charge is 2.19. The van der Waals surface area contributed by atoms with Crippen LogP contribution in [0.4, 0.5) is 5.69 Å². The molecule has 0 bridgehead atoms. The maximum Gasteiger partial charge on any atom is 0.276 e. The lowest BCUT2D eigenvalue weighted by molar-refractivity contribution is 0.0985. The first-order chi connectivity index (χ1) is 10.7. The van der Waals surface area contributed by atoms with E-state index < -0.39 is 0 Å². The number of hydrogen-bond donors (Lipinski definition) is 0. The SMILES string of the molecule is CN(C(=O)c1cnc(Cn2ccnn2)n1C)c1cccnc1. The van der Waals surface area contributed by atoms with Crippen molar-refractivity contribution in [2.24, 2.45) is 7.05 Å². The summed E-state index contributed by atoms with van der Waals surface area (Å²) >= 11 is 0. The van der Waals surface area contributed by atoms with Crippen molar-refractivity contribution < 1.29 is 4.79 Å². The first-order valence-electron chi connectivity index (χ1n) is 6.69. The van der Waals surface area contributed by atoms with Gasteiger partial charge in [0.1, 0.15) is 18.1 Å². The van der Waals surface area contributed by atoms with Crippen molar-refractivity contribution in [3.63, 3.8) is 0 Å². The molecule has 0 aromatic carbocycles. The summed E-state index contributed by atoms with van der Waals surface area (Å²) in [5, 5.41) is 7.65. The zero-order valence-corrected chi connectivity index (χ0v) is 12.3. The monoisotopic (exact) mass is 297 g/mol. The minimum atomic E-state index is -0.146. The van der Waals surface area contributed by atoms with Gasteiger partial charge in [-0.15, -0.1) is 5.10 Å². The normalized spacial score (nSPS) is 10.6. The second kappa shape index (κ2) is 5.76. The molecule has 0 fully saturated rings. The van der Waals surface area contributed by atoms with Gasteiger partial charge in [-0.3, -0.25) is 9.78 Å². The second-order valence-corrected chi connectivity index (χ2v) is 4.79. The fourth-order valence-corrected chi connectivity index (χ4v) is 2.10. The average molecular weight is 297 g/mol. The number of anilines is 1. The van der Waals surface area contributed by atoms with Crippen LogP contribution in [-0.2, 0) is 13.6 Å². The van der Waals surface area contributed by atoms with Gasteiger partial charge in [0.05, 0.1) is 24.3 Å². The van der Waals surface area contributed by atoms with E-state index in [0.29, 0.717) is 12.2 Å².